The van der Waals surface area contributed by atoms with E-state index in [-0.39, 0.29) is 5.97 Å². The largest absolute Gasteiger partial charge is 0.465 e. The molecule has 0 bridgehead atoms. The third-order valence-corrected chi connectivity index (χ3v) is 2.47. The van der Waals surface area contributed by atoms with Crippen LogP contribution in [0.25, 0.3) is 0 Å². The summed E-state index contributed by atoms with van der Waals surface area (Å²) >= 11 is 0. The molecule has 0 N–H and O–H groups in total. The smallest absolute Gasteiger partial charge is 0.305 e. The molecule has 0 heterocycles. The summed E-state index contributed by atoms with van der Waals surface area (Å²) in [6.45, 7) is 11.5. The molecule has 1 atom stereocenters. The summed E-state index contributed by atoms with van der Waals surface area (Å²) in [6.07, 6.45) is 4.90. The molecule has 0 aliphatic rings. The SMILES string of the molecule is CCCCCC(=O)OCC(C)CC(C)(C)C. The Morgan fingerprint density at radius 3 is 2.38 bits per heavy atom. The molecule has 16 heavy (non-hydrogen) atoms. The number of esters is 1. The van der Waals surface area contributed by atoms with E-state index in [9.17, 15) is 4.79 Å². The van der Waals surface area contributed by atoms with Gasteiger partial charge in [0.15, 0.2) is 0 Å². The third kappa shape index (κ3) is 10.0. The first kappa shape index (κ1) is 15.5. The van der Waals surface area contributed by atoms with Crippen molar-refractivity contribution in [3.63, 3.8) is 0 Å². The molecule has 0 aliphatic heterocycles. The van der Waals surface area contributed by atoms with Crippen molar-refractivity contribution >= 4 is 5.97 Å². The molecule has 0 amide bonds. The summed E-state index contributed by atoms with van der Waals surface area (Å²) in [5.74, 6) is 0.421. The van der Waals surface area contributed by atoms with Gasteiger partial charge >= 0.3 is 5.97 Å². The van der Waals surface area contributed by atoms with Crippen LogP contribution in [-0.2, 0) is 9.53 Å². The second kappa shape index (κ2) is 7.70. The molecule has 0 aromatic heterocycles. The molecular formula is C14H28O2. The van der Waals surface area contributed by atoms with E-state index in [1.54, 1.807) is 0 Å². The minimum absolute atomic E-state index is 0.0331. The normalized spacial score (nSPS) is 13.6. The average molecular weight is 228 g/mol. The van der Waals surface area contributed by atoms with Crippen LogP contribution in [-0.4, -0.2) is 12.6 Å². The lowest BCUT2D eigenvalue weighted by Crippen LogP contribution is -2.17. The van der Waals surface area contributed by atoms with Gasteiger partial charge in [-0.15, -0.1) is 0 Å². The van der Waals surface area contributed by atoms with E-state index in [1.807, 2.05) is 0 Å². The van der Waals surface area contributed by atoms with Crippen molar-refractivity contribution in [3.05, 3.63) is 0 Å². The Balaban J connectivity index is 3.59. The van der Waals surface area contributed by atoms with E-state index in [4.69, 9.17) is 4.74 Å². The molecule has 0 aromatic carbocycles. The van der Waals surface area contributed by atoms with Gasteiger partial charge in [0.2, 0.25) is 0 Å². The zero-order valence-corrected chi connectivity index (χ0v) is 11.6. The second-order valence-corrected chi connectivity index (χ2v) is 6.01. The Bertz CT molecular complexity index is 191. The zero-order chi connectivity index (χ0) is 12.6. The molecule has 0 aromatic rings. The fourth-order valence-electron chi connectivity index (χ4n) is 1.93. The average Bonchev–Trinajstić information content (AvgIpc) is 2.12. The summed E-state index contributed by atoms with van der Waals surface area (Å²) in [5, 5.41) is 0. The quantitative estimate of drug-likeness (QED) is 0.482. The first-order valence-corrected chi connectivity index (χ1v) is 6.50. The number of hydrogen-bond donors (Lipinski definition) is 0. The van der Waals surface area contributed by atoms with Gasteiger partial charge in [0.1, 0.15) is 0 Å². The minimum Gasteiger partial charge on any atom is -0.465 e. The Kier molecular flexibility index (Phi) is 7.44. The highest BCUT2D eigenvalue weighted by Crippen LogP contribution is 2.24. The maximum Gasteiger partial charge on any atom is 0.305 e. The van der Waals surface area contributed by atoms with Crippen LogP contribution in [0.2, 0.25) is 0 Å². The molecule has 0 saturated heterocycles. The van der Waals surface area contributed by atoms with Crippen molar-refractivity contribution in [2.75, 3.05) is 6.61 Å². The van der Waals surface area contributed by atoms with E-state index in [0.29, 0.717) is 24.4 Å². The van der Waals surface area contributed by atoms with Gasteiger partial charge in [-0.1, -0.05) is 47.5 Å². The predicted octanol–water partition coefficient (Wildman–Crippen LogP) is 4.18. The molecule has 0 spiro atoms. The van der Waals surface area contributed by atoms with Crippen molar-refractivity contribution in [2.45, 2.75) is 66.7 Å². The monoisotopic (exact) mass is 228 g/mol. The van der Waals surface area contributed by atoms with Crippen LogP contribution in [0, 0.1) is 11.3 Å². The summed E-state index contributed by atoms with van der Waals surface area (Å²) in [5.41, 5.74) is 0.314. The number of hydrogen-bond acceptors (Lipinski definition) is 2. The fourth-order valence-corrected chi connectivity index (χ4v) is 1.93. The Morgan fingerprint density at radius 1 is 1.25 bits per heavy atom. The van der Waals surface area contributed by atoms with Crippen LogP contribution >= 0.6 is 0 Å². The highest BCUT2D eigenvalue weighted by molar-refractivity contribution is 5.69. The lowest BCUT2D eigenvalue weighted by molar-refractivity contribution is -0.145. The van der Waals surface area contributed by atoms with Gasteiger partial charge in [0, 0.05) is 6.42 Å². The van der Waals surface area contributed by atoms with Crippen LogP contribution in [0.5, 0.6) is 0 Å². The summed E-state index contributed by atoms with van der Waals surface area (Å²) in [7, 11) is 0. The summed E-state index contributed by atoms with van der Waals surface area (Å²) < 4.78 is 5.26. The molecule has 96 valence electrons. The highest BCUT2D eigenvalue weighted by Gasteiger charge is 2.16. The number of rotatable bonds is 7. The van der Waals surface area contributed by atoms with E-state index < -0.39 is 0 Å². The summed E-state index contributed by atoms with van der Waals surface area (Å²) in [6, 6.07) is 0. The van der Waals surface area contributed by atoms with Crippen molar-refractivity contribution in [1.29, 1.82) is 0 Å². The molecule has 2 nitrogen and oxygen atoms in total. The Hall–Kier alpha value is -0.530. The van der Waals surface area contributed by atoms with Crippen molar-refractivity contribution in [3.8, 4) is 0 Å². The van der Waals surface area contributed by atoms with Gasteiger partial charge in [0.25, 0.3) is 0 Å². The van der Waals surface area contributed by atoms with Crippen molar-refractivity contribution < 1.29 is 9.53 Å². The molecule has 0 rings (SSSR count). The maximum absolute atomic E-state index is 11.4. The van der Waals surface area contributed by atoms with E-state index >= 15 is 0 Å². The predicted molar refractivity (Wildman–Crippen MR) is 68.3 cm³/mol. The molecule has 0 radical (unpaired) electrons. The number of carbonyl (C=O) groups excluding carboxylic acids is 1. The minimum atomic E-state index is -0.0331. The third-order valence-electron chi connectivity index (χ3n) is 2.47. The van der Waals surface area contributed by atoms with Crippen molar-refractivity contribution in [2.24, 2.45) is 11.3 Å². The van der Waals surface area contributed by atoms with Crippen LogP contribution in [0.1, 0.15) is 66.7 Å². The molecule has 2 heteroatoms. The van der Waals surface area contributed by atoms with Gasteiger partial charge in [-0.2, -0.15) is 0 Å². The Morgan fingerprint density at radius 2 is 1.88 bits per heavy atom. The van der Waals surface area contributed by atoms with Crippen molar-refractivity contribution in [1.82, 2.24) is 0 Å². The first-order chi connectivity index (χ1) is 7.35. The molecule has 0 saturated carbocycles. The second-order valence-electron chi connectivity index (χ2n) is 6.01. The fraction of sp³-hybridized carbons (Fsp3) is 0.929. The lowest BCUT2D eigenvalue weighted by atomic mass is 9.86. The standard InChI is InChI=1S/C14H28O2/c1-6-7-8-9-13(15)16-11-12(2)10-14(3,4)5/h12H,6-11H2,1-5H3. The molecular weight excluding hydrogens is 200 g/mol. The number of ether oxygens (including phenoxy) is 1. The maximum atomic E-state index is 11.4. The van der Waals surface area contributed by atoms with Gasteiger partial charge in [-0.25, -0.2) is 0 Å². The number of unbranched alkanes of at least 4 members (excludes halogenated alkanes) is 2. The zero-order valence-electron chi connectivity index (χ0n) is 11.6. The Labute approximate surface area is 101 Å². The molecule has 0 aliphatic carbocycles. The van der Waals surface area contributed by atoms with Gasteiger partial charge in [0.05, 0.1) is 6.61 Å². The van der Waals surface area contributed by atoms with E-state index in [0.717, 1.165) is 25.7 Å². The van der Waals surface area contributed by atoms with Gasteiger partial charge in [-0.3, -0.25) is 4.79 Å². The highest BCUT2D eigenvalue weighted by atomic mass is 16.5. The summed E-state index contributed by atoms with van der Waals surface area (Å²) in [4.78, 5) is 11.4. The van der Waals surface area contributed by atoms with Crippen LogP contribution in [0.15, 0.2) is 0 Å². The van der Waals surface area contributed by atoms with Gasteiger partial charge in [-0.05, 0) is 24.2 Å². The molecule has 1 unspecified atom stereocenters. The molecule has 0 fully saturated rings. The number of carbonyl (C=O) groups is 1. The van der Waals surface area contributed by atoms with Crippen LogP contribution in [0.3, 0.4) is 0 Å². The van der Waals surface area contributed by atoms with E-state index in [2.05, 4.69) is 34.6 Å². The van der Waals surface area contributed by atoms with Crippen LogP contribution in [0.4, 0.5) is 0 Å². The van der Waals surface area contributed by atoms with Gasteiger partial charge < -0.3 is 4.74 Å². The van der Waals surface area contributed by atoms with E-state index in [1.165, 1.54) is 0 Å². The van der Waals surface area contributed by atoms with Crippen LogP contribution < -0.4 is 0 Å². The lowest BCUT2D eigenvalue weighted by Gasteiger charge is -2.22. The topological polar surface area (TPSA) is 26.3 Å². The first-order valence-electron chi connectivity index (χ1n) is 6.50.